The van der Waals surface area contributed by atoms with E-state index in [0.29, 0.717) is 11.9 Å². The molecule has 1 aromatic heterocycles. The first-order chi connectivity index (χ1) is 5.77. The second kappa shape index (κ2) is 2.75. The van der Waals surface area contributed by atoms with Crippen LogP contribution in [0.5, 0.6) is 0 Å². The predicted molar refractivity (Wildman–Crippen MR) is 50.3 cm³/mol. The number of aromatic nitrogens is 1. The van der Waals surface area contributed by atoms with Crippen molar-refractivity contribution in [1.29, 1.82) is 0 Å². The van der Waals surface area contributed by atoms with Crippen LogP contribution in [0.1, 0.15) is 13.3 Å². The van der Waals surface area contributed by atoms with Gasteiger partial charge in [0.25, 0.3) is 0 Å². The topological polar surface area (TPSA) is 54.5 Å². The highest BCUT2D eigenvalue weighted by atomic mass is 32.1. The molecule has 0 radical (unpaired) electrons. The average molecular weight is 182 g/mol. The second-order valence-corrected chi connectivity index (χ2v) is 3.68. The van der Waals surface area contributed by atoms with Crippen molar-refractivity contribution >= 4 is 22.3 Å². The van der Waals surface area contributed by atoms with E-state index in [-0.39, 0.29) is 0 Å². The van der Waals surface area contributed by atoms with Crippen LogP contribution in [0.15, 0.2) is 16.7 Å². The van der Waals surface area contributed by atoms with E-state index in [2.05, 4.69) is 17.0 Å². The van der Waals surface area contributed by atoms with Gasteiger partial charge in [-0.25, -0.2) is 9.99 Å². The van der Waals surface area contributed by atoms with Crippen molar-refractivity contribution in [3.05, 3.63) is 11.6 Å². The summed E-state index contributed by atoms with van der Waals surface area (Å²) in [6.45, 7) is 2.09. The maximum Gasteiger partial charge on any atom is 0.206 e. The van der Waals surface area contributed by atoms with Crippen LogP contribution in [0.3, 0.4) is 0 Å². The number of nitrogens with two attached hydrogens (primary N) is 1. The third-order valence-corrected chi connectivity index (χ3v) is 2.53. The number of thiazole rings is 1. The molecule has 4 nitrogen and oxygen atoms in total. The Balaban J connectivity index is 2.25. The van der Waals surface area contributed by atoms with Crippen molar-refractivity contribution in [3.8, 4) is 0 Å². The van der Waals surface area contributed by atoms with Crippen LogP contribution >= 0.6 is 11.3 Å². The maximum absolute atomic E-state index is 5.61. The Hall–Kier alpha value is -1.10. The summed E-state index contributed by atoms with van der Waals surface area (Å²) in [5.41, 5.74) is 5.61. The summed E-state index contributed by atoms with van der Waals surface area (Å²) in [5, 5.41) is 8.92. The van der Waals surface area contributed by atoms with Crippen LogP contribution in [0.25, 0.3) is 0 Å². The monoisotopic (exact) mass is 182 g/mol. The summed E-state index contributed by atoms with van der Waals surface area (Å²) in [5.74, 6) is 0.692. The Kier molecular flexibility index (Phi) is 1.73. The van der Waals surface area contributed by atoms with E-state index in [4.69, 9.17) is 5.73 Å². The Bertz CT molecular complexity index is 292. The third-order valence-electron chi connectivity index (χ3n) is 1.77. The molecule has 0 fully saturated rings. The highest BCUT2D eigenvalue weighted by Gasteiger charge is 2.23. The molecule has 12 heavy (non-hydrogen) atoms. The molecule has 1 unspecified atom stereocenters. The summed E-state index contributed by atoms with van der Waals surface area (Å²) in [7, 11) is 0. The maximum atomic E-state index is 5.61. The minimum Gasteiger partial charge on any atom is -0.386 e. The van der Waals surface area contributed by atoms with Gasteiger partial charge < -0.3 is 5.73 Å². The Morgan fingerprint density at radius 2 is 2.58 bits per heavy atom. The SMILES string of the molecule is CC1CC(N)=NN1c1nccs1. The molecule has 5 heteroatoms. The van der Waals surface area contributed by atoms with Gasteiger partial charge in [-0.15, -0.1) is 11.3 Å². The summed E-state index contributed by atoms with van der Waals surface area (Å²) in [6, 6.07) is 0.344. The van der Waals surface area contributed by atoms with Crippen LogP contribution in [0.4, 0.5) is 5.13 Å². The lowest BCUT2D eigenvalue weighted by atomic mass is 10.2. The fraction of sp³-hybridized carbons (Fsp3) is 0.429. The van der Waals surface area contributed by atoms with Gasteiger partial charge in [0, 0.05) is 18.0 Å². The summed E-state index contributed by atoms with van der Waals surface area (Å²) in [4.78, 5) is 4.16. The van der Waals surface area contributed by atoms with Gasteiger partial charge in [0.05, 0.1) is 6.04 Å². The quantitative estimate of drug-likeness (QED) is 0.705. The van der Waals surface area contributed by atoms with Gasteiger partial charge in [-0.3, -0.25) is 0 Å². The zero-order valence-electron chi connectivity index (χ0n) is 6.77. The van der Waals surface area contributed by atoms with Gasteiger partial charge in [-0.2, -0.15) is 5.10 Å². The van der Waals surface area contributed by atoms with E-state index < -0.39 is 0 Å². The fourth-order valence-electron chi connectivity index (χ4n) is 1.23. The number of amidine groups is 1. The highest BCUT2D eigenvalue weighted by Crippen LogP contribution is 2.24. The number of hydrogen-bond acceptors (Lipinski definition) is 5. The van der Waals surface area contributed by atoms with E-state index in [1.165, 1.54) is 0 Å². The normalized spacial score (nSPS) is 22.9. The van der Waals surface area contributed by atoms with Crippen LogP contribution in [0.2, 0.25) is 0 Å². The Morgan fingerprint density at radius 3 is 3.08 bits per heavy atom. The molecule has 2 rings (SSSR count). The van der Waals surface area contributed by atoms with Crippen molar-refractivity contribution in [2.75, 3.05) is 5.01 Å². The molecule has 2 heterocycles. The smallest absolute Gasteiger partial charge is 0.206 e. The van der Waals surface area contributed by atoms with E-state index >= 15 is 0 Å². The van der Waals surface area contributed by atoms with Gasteiger partial charge in [-0.05, 0) is 6.92 Å². The van der Waals surface area contributed by atoms with Gasteiger partial charge in [0.2, 0.25) is 5.13 Å². The molecule has 0 saturated carbocycles. The molecular formula is C7H10N4S. The number of rotatable bonds is 1. The van der Waals surface area contributed by atoms with Gasteiger partial charge in [0.15, 0.2) is 0 Å². The number of nitrogens with zero attached hydrogens (tertiary/aromatic N) is 3. The molecule has 1 aliphatic rings. The van der Waals surface area contributed by atoms with E-state index in [9.17, 15) is 0 Å². The minimum atomic E-state index is 0.344. The van der Waals surface area contributed by atoms with Crippen LogP contribution in [-0.4, -0.2) is 16.9 Å². The Morgan fingerprint density at radius 1 is 1.75 bits per heavy atom. The first-order valence-corrected chi connectivity index (χ1v) is 4.67. The fourth-order valence-corrected chi connectivity index (χ4v) is 1.92. The van der Waals surface area contributed by atoms with Crippen LogP contribution in [0, 0.1) is 0 Å². The molecule has 1 aliphatic heterocycles. The highest BCUT2D eigenvalue weighted by molar-refractivity contribution is 7.13. The molecule has 0 saturated heterocycles. The molecule has 64 valence electrons. The lowest BCUT2D eigenvalue weighted by Crippen LogP contribution is -2.22. The van der Waals surface area contributed by atoms with Crippen LogP contribution in [-0.2, 0) is 0 Å². The van der Waals surface area contributed by atoms with Crippen molar-refractivity contribution in [2.24, 2.45) is 10.8 Å². The first-order valence-electron chi connectivity index (χ1n) is 3.79. The lowest BCUT2D eigenvalue weighted by molar-refractivity contribution is 0.721. The van der Waals surface area contributed by atoms with E-state index in [1.54, 1.807) is 17.5 Å². The molecule has 0 amide bonds. The number of hydrazone groups is 1. The number of hydrogen-bond donors (Lipinski definition) is 1. The molecule has 1 aromatic rings. The van der Waals surface area contributed by atoms with E-state index in [0.717, 1.165) is 11.6 Å². The summed E-state index contributed by atoms with van der Waals surface area (Å²) in [6.07, 6.45) is 2.61. The summed E-state index contributed by atoms with van der Waals surface area (Å²) < 4.78 is 0. The zero-order valence-corrected chi connectivity index (χ0v) is 7.58. The number of anilines is 1. The van der Waals surface area contributed by atoms with Gasteiger partial charge in [0.1, 0.15) is 5.84 Å². The van der Waals surface area contributed by atoms with Crippen molar-refractivity contribution in [2.45, 2.75) is 19.4 Å². The minimum absolute atomic E-state index is 0.344. The molecule has 0 spiro atoms. The average Bonchev–Trinajstić information content (AvgIpc) is 2.58. The first kappa shape index (κ1) is 7.54. The Labute approximate surface area is 74.7 Å². The molecule has 0 aliphatic carbocycles. The standard InChI is InChI=1S/C7H10N4S/c1-5-4-6(8)10-11(5)7-9-2-3-12-7/h2-3,5H,4H2,1H3,(H2,8,10). The largest absolute Gasteiger partial charge is 0.386 e. The third kappa shape index (κ3) is 1.16. The van der Waals surface area contributed by atoms with Crippen LogP contribution < -0.4 is 10.7 Å². The lowest BCUT2D eigenvalue weighted by Gasteiger charge is -2.15. The molecule has 2 N–H and O–H groups in total. The van der Waals surface area contributed by atoms with Gasteiger partial charge >= 0.3 is 0 Å². The second-order valence-electron chi connectivity index (χ2n) is 2.80. The predicted octanol–water partition coefficient (Wildman–Crippen LogP) is 1.01. The molecule has 0 aromatic carbocycles. The molecule has 0 bridgehead atoms. The van der Waals surface area contributed by atoms with Crippen molar-refractivity contribution in [1.82, 2.24) is 4.98 Å². The van der Waals surface area contributed by atoms with E-state index in [1.807, 2.05) is 10.4 Å². The van der Waals surface area contributed by atoms with Crippen molar-refractivity contribution < 1.29 is 0 Å². The molecular weight excluding hydrogens is 172 g/mol. The zero-order chi connectivity index (χ0) is 8.55. The molecule has 1 atom stereocenters. The van der Waals surface area contributed by atoms with Gasteiger partial charge in [-0.1, -0.05) is 0 Å². The summed E-state index contributed by atoms with van der Waals surface area (Å²) >= 11 is 1.58. The van der Waals surface area contributed by atoms with Crippen molar-refractivity contribution in [3.63, 3.8) is 0 Å².